The van der Waals surface area contributed by atoms with Crippen LogP contribution in [0.5, 0.6) is 0 Å². The van der Waals surface area contributed by atoms with Crippen molar-refractivity contribution in [2.24, 2.45) is 5.92 Å². The van der Waals surface area contributed by atoms with Crippen molar-refractivity contribution < 1.29 is 9.90 Å². The lowest BCUT2D eigenvalue weighted by Crippen LogP contribution is -2.23. The van der Waals surface area contributed by atoms with E-state index in [1.165, 1.54) is 0 Å². The van der Waals surface area contributed by atoms with Crippen LogP contribution in [0.3, 0.4) is 0 Å². The number of carboxylic acids is 1. The Morgan fingerprint density at radius 3 is 2.41 bits per heavy atom. The highest BCUT2D eigenvalue weighted by atomic mass is 16.4. The van der Waals surface area contributed by atoms with E-state index >= 15 is 0 Å². The molecule has 0 heterocycles. The molecular formula is C14H21NO2. The highest BCUT2D eigenvalue weighted by Gasteiger charge is 2.09. The molecule has 0 saturated carbocycles. The van der Waals surface area contributed by atoms with Crippen molar-refractivity contribution in [2.75, 3.05) is 13.6 Å². The Bertz CT molecular complexity index is 374. The molecule has 0 aliphatic rings. The Kier molecular flexibility index (Phi) is 5.16. The summed E-state index contributed by atoms with van der Waals surface area (Å²) >= 11 is 0. The predicted octanol–water partition coefficient (Wildman–Crippen LogP) is 2.40. The van der Waals surface area contributed by atoms with Crippen molar-refractivity contribution in [3.05, 3.63) is 35.4 Å². The Balaban J connectivity index is 2.72. The fraction of sp³-hybridized carbons (Fsp3) is 0.500. The van der Waals surface area contributed by atoms with E-state index in [0.29, 0.717) is 5.92 Å². The minimum atomic E-state index is -0.774. The van der Waals surface area contributed by atoms with Crippen LogP contribution in [0.15, 0.2) is 24.3 Å². The van der Waals surface area contributed by atoms with Crippen molar-refractivity contribution >= 4 is 5.97 Å². The molecule has 0 fully saturated rings. The molecule has 0 aliphatic heterocycles. The lowest BCUT2D eigenvalue weighted by atomic mass is 10.0. The second-order valence-corrected chi connectivity index (χ2v) is 4.93. The molecule has 0 aliphatic carbocycles. The van der Waals surface area contributed by atoms with E-state index in [0.717, 1.165) is 24.2 Å². The second kappa shape index (κ2) is 6.40. The number of benzene rings is 1. The van der Waals surface area contributed by atoms with Crippen LogP contribution in [0.1, 0.15) is 25.0 Å². The number of carboxylic acid groups (broad SMARTS) is 1. The van der Waals surface area contributed by atoms with Gasteiger partial charge in [0.05, 0.1) is 6.42 Å². The molecule has 1 aromatic rings. The van der Waals surface area contributed by atoms with Gasteiger partial charge in [0, 0.05) is 13.1 Å². The minimum absolute atomic E-state index is 0.103. The molecule has 3 heteroatoms. The van der Waals surface area contributed by atoms with E-state index in [9.17, 15) is 4.79 Å². The highest BCUT2D eigenvalue weighted by Crippen LogP contribution is 2.12. The largest absolute Gasteiger partial charge is 0.481 e. The summed E-state index contributed by atoms with van der Waals surface area (Å²) in [5.74, 6) is -0.157. The molecule has 0 unspecified atom stereocenters. The van der Waals surface area contributed by atoms with Crippen LogP contribution in [0.2, 0.25) is 0 Å². The zero-order valence-electron chi connectivity index (χ0n) is 10.8. The summed E-state index contributed by atoms with van der Waals surface area (Å²) in [4.78, 5) is 13.0. The van der Waals surface area contributed by atoms with Gasteiger partial charge < -0.3 is 10.0 Å². The van der Waals surface area contributed by atoms with Gasteiger partial charge >= 0.3 is 5.97 Å². The lowest BCUT2D eigenvalue weighted by Gasteiger charge is -2.20. The molecule has 1 aromatic carbocycles. The average Bonchev–Trinajstić information content (AvgIpc) is 2.18. The van der Waals surface area contributed by atoms with Gasteiger partial charge in [-0.1, -0.05) is 38.1 Å². The van der Waals surface area contributed by atoms with Gasteiger partial charge in [0.25, 0.3) is 0 Å². The van der Waals surface area contributed by atoms with Crippen LogP contribution in [-0.4, -0.2) is 29.6 Å². The molecule has 0 spiro atoms. The molecule has 3 nitrogen and oxygen atoms in total. The molecular weight excluding hydrogens is 214 g/mol. The fourth-order valence-corrected chi connectivity index (χ4v) is 2.03. The van der Waals surface area contributed by atoms with Crippen LogP contribution in [0, 0.1) is 5.92 Å². The standard InChI is InChI=1S/C14H21NO2/c1-11(2)9-15(3)10-13-7-5-4-6-12(13)8-14(16)17/h4-7,11H,8-10H2,1-3H3,(H,16,17). The van der Waals surface area contributed by atoms with Crippen molar-refractivity contribution in [1.29, 1.82) is 0 Å². The van der Waals surface area contributed by atoms with E-state index in [1.807, 2.05) is 24.3 Å². The van der Waals surface area contributed by atoms with Crippen LogP contribution in [0.25, 0.3) is 0 Å². The van der Waals surface area contributed by atoms with Gasteiger partial charge in [-0.3, -0.25) is 4.79 Å². The minimum Gasteiger partial charge on any atom is -0.481 e. The summed E-state index contributed by atoms with van der Waals surface area (Å²) in [6.45, 7) is 6.18. The van der Waals surface area contributed by atoms with E-state index in [1.54, 1.807) is 0 Å². The lowest BCUT2D eigenvalue weighted by molar-refractivity contribution is -0.136. The maximum Gasteiger partial charge on any atom is 0.307 e. The number of carbonyl (C=O) groups is 1. The first-order chi connectivity index (χ1) is 7.99. The third kappa shape index (κ3) is 5.00. The van der Waals surface area contributed by atoms with Gasteiger partial charge in [0.2, 0.25) is 0 Å². The molecule has 0 radical (unpaired) electrons. The van der Waals surface area contributed by atoms with E-state index < -0.39 is 5.97 Å². The Labute approximate surface area is 103 Å². The van der Waals surface area contributed by atoms with Crippen LogP contribution < -0.4 is 0 Å². The molecule has 0 bridgehead atoms. The molecule has 0 aromatic heterocycles. The quantitative estimate of drug-likeness (QED) is 0.823. The molecule has 1 N–H and O–H groups in total. The fourth-order valence-electron chi connectivity index (χ4n) is 2.03. The number of hydrogen-bond acceptors (Lipinski definition) is 2. The van der Waals surface area contributed by atoms with Gasteiger partial charge in [0.15, 0.2) is 0 Å². The van der Waals surface area contributed by atoms with Crippen LogP contribution >= 0.6 is 0 Å². The summed E-state index contributed by atoms with van der Waals surface area (Å²) < 4.78 is 0. The molecule has 0 atom stereocenters. The van der Waals surface area contributed by atoms with E-state index in [2.05, 4.69) is 25.8 Å². The first-order valence-corrected chi connectivity index (χ1v) is 5.96. The smallest absolute Gasteiger partial charge is 0.307 e. The third-order valence-corrected chi connectivity index (χ3v) is 2.58. The van der Waals surface area contributed by atoms with Crippen molar-refractivity contribution in [3.63, 3.8) is 0 Å². The number of nitrogens with zero attached hydrogens (tertiary/aromatic N) is 1. The van der Waals surface area contributed by atoms with Gasteiger partial charge in [-0.25, -0.2) is 0 Å². The van der Waals surface area contributed by atoms with Gasteiger partial charge in [0.1, 0.15) is 0 Å². The molecule has 0 saturated heterocycles. The zero-order chi connectivity index (χ0) is 12.8. The van der Waals surface area contributed by atoms with Crippen molar-refractivity contribution in [2.45, 2.75) is 26.8 Å². The number of hydrogen-bond donors (Lipinski definition) is 1. The normalized spacial score (nSPS) is 11.1. The topological polar surface area (TPSA) is 40.5 Å². The molecule has 17 heavy (non-hydrogen) atoms. The number of aliphatic carboxylic acids is 1. The summed E-state index contributed by atoms with van der Waals surface area (Å²) in [6.07, 6.45) is 0.103. The molecule has 94 valence electrons. The number of rotatable bonds is 6. The summed E-state index contributed by atoms with van der Waals surface area (Å²) in [7, 11) is 2.07. The predicted molar refractivity (Wildman–Crippen MR) is 69.0 cm³/mol. The van der Waals surface area contributed by atoms with Gasteiger partial charge in [-0.2, -0.15) is 0 Å². The van der Waals surface area contributed by atoms with Crippen LogP contribution in [0.4, 0.5) is 0 Å². The monoisotopic (exact) mass is 235 g/mol. The zero-order valence-corrected chi connectivity index (χ0v) is 10.8. The first-order valence-electron chi connectivity index (χ1n) is 5.96. The van der Waals surface area contributed by atoms with Gasteiger partial charge in [-0.15, -0.1) is 0 Å². The molecule has 0 amide bonds. The summed E-state index contributed by atoms with van der Waals surface area (Å²) in [6, 6.07) is 7.76. The summed E-state index contributed by atoms with van der Waals surface area (Å²) in [5.41, 5.74) is 2.02. The van der Waals surface area contributed by atoms with Crippen LogP contribution in [-0.2, 0) is 17.8 Å². The summed E-state index contributed by atoms with van der Waals surface area (Å²) in [5, 5.41) is 8.86. The SMILES string of the molecule is CC(C)CN(C)Cc1ccccc1CC(=O)O. The Hall–Kier alpha value is -1.35. The maximum absolute atomic E-state index is 10.8. The maximum atomic E-state index is 10.8. The van der Waals surface area contributed by atoms with E-state index in [-0.39, 0.29) is 6.42 Å². The Morgan fingerprint density at radius 1 is 1.29 bits per heavy atom. The van der Waals surface area contributed by atoms with Crippen molar-refractivity contribution in [1.82, 2.24) is 4.90 Å². The third-order valence-electron chi connectivity index (χ3n) is 2.58. The van der Waals surface area contributed by atoms with Gasteiger partial charge in [-0.05, 0) is 24.1 Å². The second-order valence-electron chi connectivity index (χ2n) is 4.93. The highest BCUT2D eigenvalue weighted by molar-refractivity contribution is 5.70. The molecule has 1 rings (SSSR count). The first kappa shape index (κ1) is 13.7. The van der Waals surface area contributed by atoms with E-state index in [4.69, 9.17) is 5.11 Å². The Morgan fingerprint density at radius 2 is 1.88 bits per heavy atom. The average molecular weight is 235 g/mol. The van der Waals surface area contributed by atoms with Crippen molar-refractivity contribution in [3.8, 4) is 0 Å².